The van der Waals surface area contributed by atoms with E-state index in [0.717, 1.165) is 12.8 Å². The third kappa shape index (κ3) is 5.49. The third-order valence-corrected chi connectivity index (χ3v) is 4.88. The van der Waals surface area contributed by atoms with Gasteiger partial charge in [0.1, 0.15) is 11.5 Å². The molecule has 160 valence electrons. The number of nitrogens with zero attached hydrogens (tertiary/aromatic N) is 2. The Labute approximate surface area is 173 Å². The van der Waals surface area contributed by atoms with Crippen LogP contribution in [0.3, 0.4) is 0 Å². The average Bonchev–Trinajstić information content (AvgIpc) is 3.17. The molecule has 1 aromatic carbocycles. The Morgan fingerprint density at radius 1 is 1.17 bits per heavy atom. The van der Waals surface area contributed by atoms with Crippen LogP contribution in [0.15, 0.2) is 34.9 Å². The van der Waals surface area contributed by atoms with Crippen molar-refractivity contribution in [3.8, 4) is 5.75 Å². The van der Waals surface area contributed by atoms with E-state index in [0.29, 0.717) is 36.8 Å². The van der Waals surface area contributed by atoms with Crippen LogP contribution in [0.25, 0.3) is 0 Å². The van der Waals surface area contributed by atoms with Gasteiger partial charge in [0.05, 0.1) is 12.8 Å². The summed E-state index contributed by atoms with van der Waals surface area (Å²) in [6.07, 6.45) is 1.45. The van der Waals surface area contributed by atoms with Crippen molar-refractivity contribution < 1.29 is 23.6 Å². The molecule has 0 atom stereocenters. The second-order valence-electron chi connectivity index (χ2n) is 7.05. The molecule has 0 radical (unpaired) electrons. The monoisotopic (exact) mass is 415 g/mol. The molecule has 4 amide bonds. The van der Waals surface area contributed by atoms with Crippen molar-refractivity contribution >= 4 is 29.4 Å². The Morgan fingerprint density at radius 3 is 2.57 bits per heavy atom. The van der Waals surface area contributed by atoms with Gasteiger partial charge in [-0.1, -0.05) is 17.3 Å². The highest BCUT2D eigenvalue weighted by Gasteiger charge is 2.24. The van der Waals surface area contributed by atoms with E-state index in [4.69, 9.17) is 9.26 Å². The van der Waals surface area contributed by atoms with Gasteiger partial charge >= 0.3 is 17.8 Å². The van der Waals surface area contributed by atoms with E-state index < -0.39 is 11.8 Å². The topological polar surface area (TPSA) is 126 Å². The predicted molar refractivity (Wildman–Crippen MR) is 109 cm³/mol. The quantitative estimate of drug-likeness (QED) is 0.641. The molecule has 3 rings (SSSR count). The Morgan fingerprint density at radius 2 is 1.90 bits per heavy atom. The minimum absolute atomic E-state index is 0.186. The van der Waals surface area contributed by atoms with Crippen LogP contribution in [0.1, 0.15) is 18.6 Å². The van der Waals surface area contributed by atoms with Crippen LogP contribution in [0, 0.1) is 12.8 Å². The second-order valence-corrected chi connectivity index (χ2v) is 7.05. The Balaban J connectivity index is 1.40. The van der Waals surface area contributed by atoms with E-state index in [2.05, 4.69) is 21.1 Å². The summed E-state index contributed by atoms with van der Waals surface area (Å²) < 4.78 is 10.1. The fourth-order valence-corrected chi connectivity index (χ4v) is 3.20. The number of rotatable bonds is 5. The van der Waals surface area contributed by atoms with Gasteiger partial charge in [-0.25, -0.2) is 4.79 Å². The largest absolute Gasteiger partial charge is 0.495 e. The number of likely N-dealkylation sites (tertiary alicyclic amines) is 1. The number of anilines is 2. The Hall–Kier alpha value is -3.56. The van der Waals surface area contributed by atoms with Crippen LogP contribution in [0.4, 0.5) is 16.3 Å². The van der Waals surface area contributed by atoms with E-state index >= 15 is 0 Å². The predicted octanol–water partition coefficient (Wildman–Crippen LogP) is 1.99. The highest BCUT2D eigenvalue weighted by molar-refractivity contribution is 6.39. The number of ether oxygens (including phenoxy) is 1. The first kappa shape index (κ1) is 21.2. The fraction of sp³-hybridized carbons (Fsp3) is 0.400. The van der Waals surface area contributed by atoms with Gasteiger partial charge in [-0.05, 0) is 37.8 Å². The molecular weight excluding hydrogens is 390 g/mol. The van der Waals surface area contributed by atoms with Crippen molar-refractivity contribution in [1.29, 1.82) is 0 Å². The number of benzene rings is 1. The Bertz CT molecular complexity index is 904. The lowest BCUT2D eigenvalue weighted by molar-refractivity contribution is -0.136. The first-order chi connectivity index (χ1) is 14.5. The summed E-state index contributed by atoms with van der Waals surface area (Å²) in [5.74, 6) is -0.00740. The first-order valence-corrected chi connectivity index (χ1v) is 9.67. The van der Waals surface area contributed by atoms with Gasteiger partial charge < -0.3 is 24.8 Å². The van der Waals surface area contributed by atoms with Crippen LogP contribution in [-0.4, -0.2) is 54.6 Å². The molecule has 1 aliphatic heterocycles. The van der Waals surface area contributed by atoms with E-state index in [-0.39, 0.29) is 17.8 Å². The normalized spacial score (nSPS) is 14.1. The van der Waals surface area contributed by atoms with Crippen molar-refractivity contribution in [2.75, 3.05) is 37.4 Å². The molecule has 0 spiro atoms. The first-order valence-electron chi connectivity index (χ1n) is 9.67. The fourth-order valence-electron chi connectivity index (χ4n) is 3.20. The maximum atomic E-state index is 12.5. The van der Waals surface area contributed by atoms with Gasteiger partial charge in [0.2, 0.25) is 0 Å². The molecule has 10 heteroatoms. The smallest absolute Gasteiger partial charge is 0.321 e. The van der Waals surface area contributed by atoms with Crippen LogP contribution < -0.4 is 20.7 Å². The van der Waals surface area contributed by atoms with Gasteiger partial charge in [0.25, 0.3) is 0 Å². The molecule has 0 aliphatic carbocycles. The number of hydrogen-bond acceptors (Lipinski definition) is 6. The number of amides is 4. The van der Waals surface area contributed by atoms with Crippen LogP contribution in [-0.2, 0) is 9.59 Å². The maximum absolute atomic E-state index is 12.5. The van der Waals surface area contributed by atoms with Crippen molar-refractivity contribution in [2.45, 2.75) is 19.8 Å². The molecule has 2 aromatic rings. The number of aryl methyl sites for hydroxylation is 1. The summed E-state index contributed by atoms with van der Waals surface area (Å²) in [7, 11) is 1.55. The molecular formula is C20H25N5O5. The molecule has 0 saturated carbocycles. The molecule has 1 aliphatic rings. The standard InChI is InChI=1S/C20H25N5O5/c1-13-11-17(24-30-13)23-19(27)18(26)21-12-14-7-9-25(10-8-14)20(28)22-15-5-3-4-6-16(15)29-2/h3-6,11,14H,7-10,12H2,1-2H3,(H,21,26)(H,22,28)(H,23,24,27). The molecule has 2 heterocycles. The number of hydrogen-bond donors (Lipinski definition) is 3. The van der Waals surface area contributed by atoms with Crippen LogP contribution in [0.5, 0.6) is 5.75 Å². The maximum Gasteiger partial charge on any atom is 0.321 e. The molecule has 0 unspecified atom stereocenters. The number of carbonyl (C=O) groups excluding carboxylic acids is 3. The minimum atomic E-state index is -0.795. The number of piperidine rings is 1. The van der Waals surface area contributed by atoms with E-state index in [1.54, 1.807) is 31.1 Å². The molecule has 0 bridgehead atoms. The molecule has 1 fully saturated rings. The molecule has 3 N–H and O–H groups in total. The van der Waals surface area contributed by atoms with Gasteiger partial charge in [0, 0.05) is 25.7 Å². The number of nitrogens with one attached hydrogen (secondary N) is 3. The van der Waals surface area contributed by atoms with Gasteiger partial charge in [-0.15, -0.1) is 0 Å². The molecule has 10 nitrogen and oxygen atoms in total. The number of methoxy groups -OCH3 is 1. The number of aromatic nitrogens is 1. The van der Waals surface area contributed by atoms with Crippen LogP contribution in [0.2, 0.25) is 0 Å². The SMILES string of the molecule is COc1ccccc1NC(=O)N1CCC(CNC(=O)C(=O)Nc2cc(C)on2)CC1. The number of urea groups is 1. The number of carbonyl (C=O) groups is 3. The lowest BCUT2D eigenvalue weighted by Gasteiger charge is -2.32. The summed E-state index contributed by atoms with van der Waals surface area (Å²) in [6, 6.07) is 8.56. The van der Waals surface area contributed by atoms with Crippen molar-refractivity contribution in [3.05, 3.63) is 36.1 Å². The summed E-state index contributed by atoms with van der Waals surface area (Å²) in [5, 5.41) is 11.5. The van der Waals surface area contributed by atoms with E-state index in [9.17, 15) is 14.4 Å². The summed E-state index contributed by atoms with van der Waals surface area (Å²) in [4.78, 5) is 38.1. The van der Waals surface area contributed by atoms with Crippen molar-refractivity contribution in [3.63, 3.8) is 0 Å². The van der Waals surface area contributed by atoms with Crippen molar-refractivity contribution in [2.24, 2.45) is 5.92 Å². The molecule has 1 aromatic heterocycles. The zero-order valence-corrected chi connectivity index (χ0v) is 16.9. The van der Waals surface area contributed by atoms with Crippen LogP contribution >= 0.6 is 0 Å². The lowest BCUT2D eigenvalue weighted by atomic mass is 9.97. The zero-order chi connectivity index (χ0) is 21.5. The van der Waals surface area contributed by atoms with E-state index in [1.807, 2.05) is 12.1 Å². The molecule has 30 heavy (non-hydrogen) atoms. The Kier molecular flexibility index (Phi) is 6.89. The van der Waals surface area contributed by atoms with Crippen molar-refractivity contribution in [1.82, 2.24) is 15.4 Å². The van der Waals surface area contributed by atoms with E-state index in [1.165, 1.54) is 6.07 Å². The highest BCUT2D eigenvalue weighted by atomic mass is 16.5. The zero-order valence-electron chi connectivity index (χ0n) is 16.9. The van der Waals surface area contributed by atoms with Gasteiger partial charge in [-0.3, -0.25) is 14.9 Å². The highest BCUT2D eigenvalue weighted by Crippen LogP contribution is 2.24. The third-order valence-electron chi connectivity index (χ3n) is 4.88. The van der Waals surface area contributed by atoms with Gasteiger partial charge in [-0.2, -0.15) is 0 Å². The molecule has 1 saturated heterocycles. The summed E-state index contributed by atoms with van der Waals surface area (Å²) in [6.45, 7) is 3.18. The second kappa shape index (κ2) is 9.77. The van der Waals surface area contributed by atoms with Gasteiger partial charge in [0.15, 0.2) is 5.82 Å². The average molecular weight is 415 g/mol. The summed E-state index contributed by atoms with van der Waals surface area (Å²) in [5.41, 5.74) is 0.618. The minimum Gasteiger partial charge on any atom is -0.495 e. The number of para-hydroxylation sites is 2. The lowest BCUT2D eigenvalue weighted by Crippen LogP contribution is -2.44. The summed E-state index contributed by atoms with van der Waals surface area (Å²) >= 11 is 0.